The third kappa shape index (κ3) is 2.66. The molecule has 0 saturated heterocycles. The van der Waals surface area contributed by atoms with Gasteiger partial charge in [0, 0.05) is 9.58 Å². The quantitative estimate of drug-likeness (QED) is 0.812. The Labute approximate surface area is 105 Å². The van der Waals surface area contributed by atoms with E-state index in [1.807, 2.05) is 6.07 Å². The highest BCUT2D eigenvalue weighted by Gasteiger charge is 2.11. The number of terminal acetylenes is 1. The minimum atomic E-state index is -0.208. The van der Waals surface area contributed by atoms with Crippen LogP contribution in [0.4, 0.5) is 4.39 Å². The largest absolute Gasteiger partial charge is 0.299 e. The lowest BCUT2D eigenvalue weighted by atomic mass is 10.2. The Bertz CT molecular complexity index is 553. The maximum Gasteiger partial charge on any atom is 0.123 e. The van der Waals surface area contributed by atoms with Crippen LogP contribution in [0.25, 0.3) is 10.1 Å². The number of hydrogen-bond acceptors (Lipinski definition) is 2. The zero-order valence-electron chi connectivity index (χ0n) is 9.66. The number of nitrogens with one attached hydrogen (secondary N) is 1. The zero-order valence-corrected chi connectivity index (χ0v) is 10.5. The van der Waals surface area contributed by atoms with Crippen LogP contribution < -0.4 is 5.32 Å². The van der Waals surface area contributed by atoms with Crippen LogP contribution in [0.5, 0.6) is 0 Å². The number of rotatable bonds is 4. The summed E-state index contributed by atoms with van der Waals surface area (Å²) < 4.78 is 14.1. The van der Waals surface area contributed by atoms with Gasteiger partial charge in [-0.2, -0.15) is 0 Å². The molecule has 0 bridgehead atoms. The maximum atomic E-state index is 13.1. The van der Waals surface area contributed by atoms with Gasteiger partial charge in [0.05, 0.1) is 0 Å². The summed E-state index contributed by atoms with van der Waals surface area (Å²) >= 11 is 1.62. The molecule has 1 aromatic heterocycles. The van der Waals surface area contributed by atoms with Crippen LogP contribution in [0.15, 0.2) is 24.3 Å². The Balaban J connectivity index is 2.31. The third-order valence-corrected chi connectivity index (χ3v) is 3.73. The van der Waals surface area contributed by atoms with E-state index in [-0.39, 0.29) is 11.9 Å². The molecule has 0 radical (unpaired) electrons. The van der Waals surface area contributed by atoms with E-state index in [4.69, 9.17) is 6.42 Å². The highest BCUT2D eigenvalue weighted by molar-refractivity contribution is 7.19. The van der Waals surface area contributed by atoms with Gasteiger partial charge in [-0.05, 0) is 42.6 Å². The summed E-state index contributed by atoms with van der Waals surface area (Å²) in [5.41, 5.74) is 0. The minimum Gasteiger partial charge on any atom is -0.299 e. The zero-order chi connectivity index (χ0) is 12.3. The highest BCUT2D eigenvalue weighted by atomic mass is 32.1. The first-order valence-corrected chi connectivity index (χ1v) is 6.44. The molecule has 1 heterocycles. The standard InChI is InChI=1S/C14H14FNS/c1-3-7-16-12(4-2)14-9-10-8-11(15)5-6-13(10)17-14/h2,5-6,8-9,12,16H,3,7H2,1H3. The van der Waals surface area contributed by atoms with Crippen molar-refractivity contribution in [3.05, 3.63) is 35.0 Å². The molecule has 0 aliphatic rings. The molecule has 88 valence electrons. The molecule has 0 aliphatic heterocycles. The second kappa shape index (κ2) is 5.31. The van der Waals surface area contributed by atoms with E-state index < -0.39 is 0 Å². The molecule has 2 rings (SSSR count). The van der Waals surface area contributed by atoms with Gasteiger partial charge in [0.25, 0.3) is 0 Å². The van der Waals surface area contributed by atoms with Crippen LogP contribution >= 0.6 is 11.3 Å². The van der Waals surface area contributed by atoms with Crippen LogP contribution in [0, 0.1) is 18.2 Å². The Kier molecular flexibility index (Phi) is 3.78. The summed E-state index contributed by atoms with van der Waals surface area (Å²) in [6.07, 6.45) is 6.56. The fraction of sp³-hybridized carbons (Fsp3) is 0.286. The minimum absolute atomic E-state index is 0.0737. The monoisotopic (exact) mass is 247 g/mol. The van der Waals surface area contributed by atoms with E-state index in [0.717, 1.165) is 27.9 Å². The van der Waals surface area contributed by atoms with Crippen molar-refractivity contribution in [1.82, 2.24) is 5.32 Å². The Morgan fingerprint density at radius 2 is 2.29 bits per heavy atom. The summed E-state index contributed by atoms with van der Waals surface area (Å²) in [4.78, 5) is 1.07. The van der Waals surface area contributed by atoms with Crippen LogP contribution in [0.3, 0.4) is 0 Å². The molecule has 1 atom stereocenters. The molecule has 2 aromatic rings. The predicted octanol–water partition coefficient (Wildman–Crippen LogP) is 3.71. The van der Waals surface area contributed by atoms with E-state index >= 15 is 0 Å². The van der Waals surface area contributed by atoms with Crippen molar-refractivity contribution in [2.24, 2.45) is 0 Å². The first kappa shape index (κ1) is 12.1. The molecule has 1 nitrogen and oxygen atoms in total. The van der Waals surface area contributed by atoms with E-state index in [1.165, 1.54) is 6.07 Å². The first-order chi connectivity index (χ1) is 8.24. The number of halogens is 1. The highest BCUT2D eigenvalue weighted by Crippen LogP contribution is 2.30. The number of benzene rings is 1. The second-order valence-electron chi connectivity index (χ2n) is 3.88. The molecule has 0 spiro atoms. The smallest absolute Gasteiger partial charge is 0.123 e. The summed E-state index contributed by atoms with van der Waals surface area (Å²) in [6.45, 7) is 2.98. The Hall–Kier alpha value is -1.37. The molecule has 0 fully saturated rings. The Morgan fingerprint density at radius 3 is 3.00 bits per heavy atom. The summed E-state index contributed by atoms with van der Waals surface area (Å²) in [5, 5.41) is 4.21. The van der Waals surface area contributed by atoms with Gasteiger partial charge in [-0.25, -0.2) is 4.39 Å². The molecule has 1 unspecified atom stereocenters. The average molecular weight is 247 g/mol. The van der Waals surface area contributed by atoms with Crippen molar-refractivity contribution in [3.63, 3.8) is 0 Å². The lowest BCUT2D eigenvalue weighted by Crippen LogP contribution is -2.19. The van der Waals surface area contributed by atoms with Gasteiger partial charge < -0.3 is 0 Å². The van der Waals surface area contributed by atoms with E-state index in [9.17, 15) is 4.39 Å². The molecule has 17 heavy (non-hydrogen) atoms. The summed E-state index contributed by atoms with van der Waals surface area (Å²) in [5.74, 6) is 2.53. The number of thiophene rings is 1. The van der Waals surface area contributed by atoms with E-state index in [1.54, 1.807) is 23.5 Å². The van der Waals surface area contributed by atoms with Gasteiger partial charge in [0.1, 0.15) is 11.9 Å². The molecule has 0 amide bonds. The van der Waals surface area contributed by atoms with Crippen molar-refractivity contribution in [2.45, 2.75) is 19.4 Å². The van der Waals surface area contributed by atoms with Crippen LogP contribution in [0.2, 0.25) is 0 Å². The van der Waals surface area contributed by atoms with E-state index in [0.29, 0.717) is 0 Å². The predicted molar refractivity (Wildman–Crippen MR) is 71.7 cm³/mol. The van der Waals surface area contributed by atoms with Gasteiger partial charge in [0.15, 0.2) is 0 Å². The summed E-state index contributed by atoms with van der Waals surface area (Å²) in [7, 11) is 0. The van der Waals surface area contributed by atoms with Crippen molar-refractivity contribution >= 4 is 21.4 Å². The van der Waals surface area contributed by atoms with Crippen molar-refractivity contribution in [3.8, 4) is 12.3 Å². The van der Waals surface area contributed by atoms with Gasteiger partial charge in [-0.3, -0.25) is 5.32 Å². The molecule has 1 aromatic carbocycles. The SMILES string of the molecule is C#CC(NCCC)c1cc2cc(F)ccc2s1. The van der Waals surface area contributed by atoms with Gasteiger partial charge in [-0.15, -0.1) is 17.8 Å². The van der Waals surface area contributed by atoms with Crippen molar-refractivity contribution in [2.75, 3.05) is 6.54 Å². The Morgan fingerprint density at radius 1 is 1.47 bits per heavy atom. The topological polar surface area (TPSA) is 12.0 Å². The first-order valence-electron chi connectivity index (χ1n) is 5.63. The molecular formula is C14H14FNS. The molecule has 0 saturated carbocycles. The van der Waals surface area contributed by atoms with Crippen LogP contribution in [-0.4, -0.2) is 6.54 Å². The molecular weight excluding hydrogens is 233 g/mol. The molecule has 1 N–H and O–H groups in total. The third-order valence-electron chi connectivity index (χ3n) is 2.55. The number of fused-ring (bicyclic) bond motifs is 1. The normalized spacial score (nSPS) is 12.5. The molecule has 0 aliphatic carbocycles. The van der Waals surface area contributed by atoms with Gasteiger partial charge in [0.2, 0.25) is 0 Å². The lowest BCUT2D eigenvalue weighted by molar-refractivity contribution is 0.629. The molecule has 3 heteroatoms. The van der Waals surface area contributed by atoms with Crippen LogP contribution in [0.1, 0.15) is 24.3 Å². The number of hydrogen-bond donors (Lipinski definition) is 1. The fourth-order valence-electron chi connectivity index (χ4n) is 1.71. The van der Waals surface area contributed by atoms with Gasteiger partial charge in [-0.1, -0.05) is 12.8 Å². The van der Waals surface area contributed by atoms with Crippen molar-refractivity contribution < 1.29 is 4.39 Å². The maximum absolute atomic E-state index is 13.1. The van der Waals surface area contributed by atoms with Crippen molar-refractivity contribution in [1.29, 1.82) is 0 Å². The average Bonchev–Trinajstić information content (AvgIpc) is 2.72. The van der Waals surface area contributed by atoms with E-state index in [2.05, 4.69) is 18.2 Å². The van der Waals surface area contributed by atoms with Crippen LogP contribution in [-0.2, 0) is 0 Å². The van der Waals surface area contributed by atoms with Gasteiger partial charge >= 0.3 is 0 Å². The fourth-order valence-corrected chi connectivity index (χ4v) is 2.79. The lowest BCUT2D eigenvalue weighted by Gasteiger charge is -2.09. The summed E-state index contributed by atoms with van der Waals surface area (Å²) in [6, 6.07) is 6.72. The second-order valence-corrected chi connectivity index (χ2v) is 5.00.